The number of halogens is 2. The van der Waals surface area contributed by atoms with Crippen molar-refractivity contribution in [2.45, 2.75) is 26.6 Å². The van der Waals surface area contributed by atoms with Crippen LogP contribution in [0.15, 0.2) is 47.3 Å². The largest absolute Gasteiger partial charge is 0.346 e. The maximum absolute atomic E-state index is 12.4. The van der Waals surface area contributed by atoms with E-state index in [2.05, 4.69) is 31.4 Å². The summed E-state index contributed by atoms with van der Waals surface area (Å²) in [6, 6.07) is 7.47. The summed E-state index contributed by atoms with van der Waals surface area (Å²) in [6.07, 6.45) is 5.38. The van der Waals surface area contributed by atoms with Gasteiger partial charge in [0.25, 0.3) is 5.91 Å². The maximum Gasteiger partial charge on any atom is 0.251 e. The number of amides is 1. The molecule has 0 saturated heterocycles. The lowest BCUT2D eigenvalue weighted by atomic mass is 10.1. The van der Waals surface area contributed by atoms with Crippen LogP contribution in [0, 0.1) is 0 Å². The zero-order valence-corrected chi connectivity index (χ0v) is 16.0. The molecular weight excluding hydrogens is 406 g/mol. The number of nitrogens with zero attached hydrogens (tertiary/aromatic N) is 4. The third-order valence-electron chi connectivity index (χ3n) is 3.66. The van der Waals surface area contributed by atoms with Crippen molar-refractivity contribution in [3.8, 4) is 0 Å². The first-order valence-electron chi connectivity index (χ1n) is 7.82. The summed E-state index contributed by atoms with van der Waals surface area (Å²) in [7, 11) is 0. The van der Waals surface area contributed by atoms with Crippen LogP contribution in [0.2, 0.25) is 5.02 Å². The highest BCUT2D eigenvalue weighted by molar-refractivity contribution is 9.10. The first-order chi connectivity index (χ1) is 12.0. The Bertz CT molecular complexity index is 889. The van der Waals surface area contributed by atoms with E-state index >= 15 is 0 Å². The number of benzene rings is 1. The fraction of sp³-hybridized carbons (Fsp3) is 0.235. The Labute approximate surface area is 158 Å². The van der Waals surface area contributed by atoms with Gasteiger partial charge in [0.2, 0.25) is 0 Å². The van der Waals surface area contributed by atoms with Gasteiger partial charge in [-0.3, -0.25) is 14.2 Å². The molecule has 0 radical (unpaired) electrons. The standard InChI is InChI=1S/C17H17BrClN5O/c1-2-23-11-15(19)16(22-23)8-20-17(25)13-5-3-4-12(6-13)9-24-10-14(18)7-21-24/h3-7,10-11H,2,8-9H2,1H3,(H,20,25). The average Bonchev–Trinajstić information content (AvgIpc) is 3.18. The van der Waals surface area contributed by atoms with E-state index in [4.69, 9.17) is 11.6 Å². The minimum atomic E-state index is -0.161. The highest BCUT2D eigenvalue weighted by Crippen LogP contribution is 2.14. The molecule has 0 saturated carbocycles. The van der Waals surface area contributed by atoms with Gasteiger partial charge in [-0.2, -0.15) is 10.2 Å². The monoisotopic (exact) mass is 421 g/mol. The van der Waals surface area contributed by atoms with E-state index < -0.39 is 0 Å². The Hall–Kier alpha value is -2.12. The van der Waals surface area contributed by atoms with E-state index in [9.17, 15) is 4.79 Å². The molecule has 8 heteroatoms. The number of rotatable bonds is 6. The summed E-state index contributed by atoms with van der Waals surface area (Å²) in [6.45, 7) is 3.61. The Morgan fingerprint density at radius 3 is 2.84 bits per heavy atom. The number of hydrogen-bond acceptors (Lipinski definition) is 3. The maximum atomic E-state index is 12.4. The Kier molecular flexibility index (Phi) is 5.55. The van der Waals surface area contributed by atoms with E-state index in [1.54, 1.807) is 27.8 Å². The second-order valence-corrected chi connectivity index (χ2v) is 6.84. The number of aryl methyl sites for hydroxylation is 1. The van der Waals surface area contributed by atoms with Gasteiger partial charge < -0.3 is 5.32 Å². The topological polar surface area (TPSA) is 64.7 Å². The molecule has 0 aliphatic heterocycles. The Balaban J connectivity index is 1.65. The van der Waals surface area contributed by atoms with Gasteiger partial charge in [-0.05, 0) is 40.5 Å². The minimum absolute atomic E-state index is 0.161. The molecule has 3 aromatic rings. The van der Waals surface area contributed by atoms with Gasteiger partial charge in [-0.25, -0.2) is 0 Å². The molecule has 2 aromatic heterocycles. The fourth-order valence-corrected chi connectivity index (χ4v) is 2.95. The summed E-state index contributed by atoms with van der Waals surface area (Å²) in [5.74, 6) is -0.161. The predicted molar refractivity (Wildman–Crippen MR) is 99.6 cm³/mol. The third kappa shape index (κ3) is 4.49. The minimum Gasteiger partial charge on any atom is -0.346 e. The fourth-order valence-electron chi connectivity index (χ4n) is 2.41. The van der Waals surface area contributed by atoms with Crippen molar-refractivity contribution in [1.29, 1.82) is 0 Å². The summed E-state index contributed by atoms with van der Waals surface area (Å²) in [5.41, 5.74) is 2.25. The van der Waals surface area contributed by atoms with Crippen LogP contribution < -0.4 is 5.32 Å². The first kappa shape index (κ1) is 17.7. The molecule has 0 fully saturated rings. The summed E-state index contributed by atoms with van der Waals surface area (Å²) in [4.78, 5) is 12.4. The van der Waals surface area contributed by atoms with E-state index in [1.165, 1.54) is 0 Å². The first-order valence-corrected chi connectivity index (χ1v) is 8.99. The van der Waals surface area contributed by atoms with Gasteiger partial charge in [0.1, 0.15) is 5.69 Å². The normalized spacial score (nSPS) is 10.8. The molecule has 1 aromatic carbocycles. The van der Waals surface area contributed by atoms with E-state index in [-0.39, 0.29) is 5.91 Å². The van der Waals surface area contributed by atoms with Crippen LogP contribution in [0.25, 0.3) is 0 Å². The lowest BCUT2D eigenvalue weighted by molar-refractivity contribution is 0.0950. The molecule has 0 atom stereocenters. The number of carbonyl (C=O) groups is 1. The van der Waals surface area contributed by atoms with E-state index in [0.717, 1.165) is 16.6 Å². The molecule has 2 heterocycles. The van der Waals surface area contributed by atoms with Crippen molar-refractivity contribution in [3.05, 3.63) is 69.2 Å². The molecule has 1 amide bonds. The SMILES string of the molecule is CCn1cc(Cl)c(CNC(=O)c2cccc(Cn3cc(Br)cn3)c2)n1. The molecule has 1 N–H and O–H groups in total. The molecule has 0 unspecified atom stereocenters. The van der Waals surface area contributed by atoms with Crippen LogP contribution in [0.4, 0.5) is 0 Å². The average molecular weight is 423 g/mol. The zero-order valence-electron chi connectivity index (χ0n) is 13.6. The molecule has 130 valence electrons. The highest BCUT2D eigenvalue weighted by Gasteiger charge is 2.10. The molecule has 6 nitrogen and oxygen atoms in total. The summed E-state index contributed by atoms with van der Waals surface area (Å²) < 4.78 is 4.47. The van der Waals surface area contributed by atoms with Gasteiger partial charge in [0.15, 0.2) is 0 Å². The smallest absolute Gasteiger partial charge is 0.251 e. The molecule has 0 bridgehead atoms. The second kappa shape index (κ2) is 7.84. The van der Waals surface area contributed by atoms with Crippen LogP contribution in [-0.2, 0) is 19.6 Å². The summed E-state index contributed by atoms with van der Waals surface area (Å²) in [5, 5.41) is 12.0. The van der Waals surface area contributed by atoms with Crippen LogP contribution in [0.1, 0.15) is 28.5 Å². The third-order valence-corrected chi connectivity index (χ3v) is 4.39. The van der Waals surface area contributed by atoms with Gasteiger partial charge >= 0.3 is 0 Å². The van der Waals surface area contributed by atoms with E-state index in [0.29, 0.717) is 29.4 Å². The van der Waals surface area contributed by atoms with Crippen molar-refractivity contribution in [1.82, 2.24) is 24.9 Å². The van der Waals surface area contributed by atoms with Crippen molar-refractivity contribution in [2.24, 2.45) is 0 Å². The van der Waals surface area contributed by atoms with Crippen molar-refractivity contribution in [3.63, 3.8) is 0 Å². The van der Waals surface area contributed by atoms with Crippen LogP contribution >= 0.6 is 27.5 Å². The number of carbonyl (C=O) groups excluding carboxylic acids is 1. The van der Waals surface area contributed by atoms with Gasteiger partial charge in [-0.15, -0.1) is 0 Å². The lowest BCUT2D eigenvalue weighted by Crippen LogP contribution is -2.23. The molecule has 0 aliphatic carbocycles. The Morgan fingerprint density at radius 1 is 1.32 bits per heavy atom. The van der Waals surface area contributed by atoms with Crippen LogP contribution in [-0.4, -0.2) is 25.5 Å². The molecule has 0 spiro atoms. The number of aromatic nitrogens is 4. The molecular formula is C17H17BrClN5O. The number of hydrogen-bond donors (Lipinski definition) is 1. The zero-order chi connectivity index (χ0) is 17.8. The molecule has 0 aliphatic rings. The summed E-state index contributed by atoms with van der Waals surface area (Å²) >= 11 is 9.50. The quantitative estimate of drug-likeness (QED) is 0.661. The predicted octanol–water partition coefficient (Wildman–Crippen LogP) is 3.49. The molecule has 3 rings (SSSR count). The van der Waals surface area contributed by atoms with Crippen molar-refractivity contribution < 1.29 is 4.79 Å². The van der Waals surface area contributed by atoms with Gasteiger partial charge in [-0.1, -0.05) is 23.7 Å². The second-order valence-electron chi connectivity index (χ2n) is 5.52. The van der Waals surface area contributed by atoms with Gasteiger partial charge in [0.05, 0.1) is 28.8 Å². The van der Waals surface area contributed by atoms with E-state index in [1.807, 2.05) is 31.3 Å². The number of nitrogens with one attached hydrogen (secondary N) is 1. The van der Waals surface area contributed by atoms with Gasteiger partial charge in [0, 0.05) is 24.5 Å². The molecule has 25 heavy (non-hydrogen) atoms. The van der Waals surface area contributed by atoms with Crippen molar-refractivity contribution in [2.75, 3.05) is 0 Å². The lowest BCUT2D eigenvalue weighted by Gasteiger charge is -2.07. The Morgan fingerprint density at radius 2 is 2.16 bits per heavy atom. The highest BCUT2D eigenvalue weighted by atomic mass is 79.9. The van der Waals surface area contributed by atoms with Crippen molar-refractivity contribution >= 4 is 33.4 Å². The van der Waals surface area contributed by atoms with Crippen LogP contribution in [0.5, 0.6) is 0 Å². The van der Waals surface area contributed by atoms with Crippen LogP contribution in [0.3, 0.4) is 0 Å².